The monoisotopic (exact) mass is 709 g/mol. The Hall–Kier alpha value is -4.51. The van der Waals surface area contributed by atoms with Gasteiger partial charge in [0, 0.05) is 64.1 Å². The molecule has 5 aromatic rings. The average Bonchev–Trinajstić information content (AvgIpc) is 3.69. The number of nitrogens with zero attached hydrogens (tertiary/aromatic N) is 3. The lowest BCUT2D eigenvalue weighted by molar-refractivity contribution is 0.0844. The molecular weight excluding hydrogens is 673 g/mol. The Balaban J connectivity index is 1.06. The Kier molecular flexibility index (Phi) is 8.93. The minimum Gasteiger partial charge on any atom is -0.490 e. The predicted octanol–water partition coefficient (Wildman–Crippen LogP) is 8.66. The number of aromatic nitrogens is 3. The van der Waals surface area contributed by atoms with Crippen LogP contribution in [0.1, 0.15) is 47.3 Å². The number of anilines is 1. The molecule has 4 heterocycles. The van der Waals surface area contributed by atoms with E-state index in [0.717, 1.165) is 59.3 Å². The highest BCUT2D eigenvalue weighted by Crippen LogP contribution is 2.40. The van der Waals surface area contributed by atoms with Crippen LogP contribution in [0.2, 0.25) is 5.02 Å². The number of carbonyl (C=O) groups is 1. The largest absolute Gasteiger partial charge is 0.490 e. The summed E-state index contributed by atoms with van der Waals surface area (Å²) in [6.07, 6.45) is 8.04. The minimum absolute atomic E-state index is 0.0926. The van der Waals surface area contributed by atoms with E-state index >= 15 is 0 Å². The number of nitrogen functional groups attached to an aromatic ring is 1. The third kappa shape index (κ3) is 6.32. The molecule has 3 aliphatic rings. The fourth-order valence-corrected chi connectivity index (χ4v) is 7.93. The molecule has 2 saturated heterocycles. The maximum absolute atomic E-state index is 14.2. The van der Waals surface area contributed by atoms with Crippen LogP contribution in [0.4, 0.5) is 10.2 Å². The van der Waals surface area contributed by atoms with Crippen LogP contribution < -0.4 is 15.2 Å². The highest BCUT2D eigenvalue weighted by atomic mass is 35.5. The van der Waals surface area contributed by atoms with Crippen LogP contribution in [0.5, 0.6) is 11.5 Å². The number of ketones is 1. The highest BCUT2D eigenvalue weighted by molar-refractivity contribution is 8.00. The van der Waals surface area contributed by atoms with E-state index in [9.17, 15) is 9.18 Å². The Labute approximate surface area is 299 Å². The van der Waals surface area contributed by atoms with E-state index in [1.165, 1.54) is 22.4 Å². The normalized spacial score (nSPS) is 17.3. The lowest BCUT2D eigenvalue weighted by atomic mass is 10.0. The summed E-state index contributed by atoms with van der Waals surface area (Å²) in [5.41, 5.74) is 11.1. The van der Waals surface area contributed by atoms with E-state index < -0.39 is 0 Å². The summed E-state index contributed by atoms with van der Waals surface area (Å²) in [5, 5.41) is 5.92. The number of benzene rings is 3. The van der Waals surface area contributed by atoms with Crippen LogP contribution in [-0.4, -0.2) is 62.2 Å². The third-order valence-electron chi connectivity index (χ3n) is 9.78. The topological polar surface area (TPSA) is 98.4 Å². The second-order valence-corrected chi connectivity index (χ2v) is 14.6. The fourth-order valence-electron chi connectivity index (χ4n) is 6.83. The van der Waals surface area contributed by atoms with Crippen molar-refractivity contribution in [2.45, 2.75) is 44.8 Å². The molecule has 0 atom stereocenters. The average molecular weight is 710 g/mol. The first-order chi connectivity index (χ1) is 24.3. The van der Waals surface area contributed by atoms with Crippen LogP contribution in [0.3, 0.4) is 0 Å². The van der Waals surface area contributed by atoms with Gasteiger partial charge in [0.15, 0.2) is 5.76 Å². The van der Waals surface area contributed by atoms with E-state index in [1.807, 2.05) is 73.3 Å². The number of thioether (sulfide) groups is 1. The number of piperidine rings is 1. The molecular formula is C39H37ClFN5O3S. The molecule has 0 amide bonds. The van der Waals surface area contributed by atoms with Gasteiger partial charge in [-0.1, -0.05) is 35.9 Å². The number of nitrogens with one attached hydrogen (secondary N) is 1. The first-order valence-corrected chi connectivity index (χ1v) is 18.5. The number of likely N-dealkylation sites (tertiary alicyclic amines) is 1. The lowest BCUT2D eigenvalue weighted by Crippen LogP contribution is -2.49. The van der Waals surface area contributed by atoms with E-state index in [2.05, 4.69) is 15.0 Å². The minimum atomic E-state index is -0.281. The molecule has 3 N–H and O–H groups in total. The van der Waals surface area contributed by atoms with E-state index in [-0.39, 0.29) is 34.9 Å². The molecule has 2 aliphatic heterocycles. The Morgan fingerprint density at radius 1 is 1.06 bits per heavy atom. The molecule has 2 aromatic heterocycles. The van der Waals surface area contributed by atoms with Crippen molar-refractivity contribution in [1.82, 2.24) is 19.7 Å². The van der Waals surface area contributed by atoms with Crippen LogP contribution in [0, 0.1) is 6.92 Å². The number of carbonyl (C=O) groups excluding carboxylic acids is 1. The van der Waals surface area contributed by atoms with Crippen molar-refractivity contribution in [3.05, 3.63) is 112 Å². The molecule has 0 bridgehead atoms. The number of hydrogen-bond donors (Lipinski definition) is 2. The van der Waals surface area contributed by atoms with E-state index in [4.69, 9.17) is 26.8 Å². The van der Waals surface area contributed by atoms with Gasteiger partial charge in [-0.05, 0) is 80.3 Å². The van der Waals surface area contributed by atoms with Crippen molar-refractivity contribution in [3.8, 4) is 28.3 Å². The first-order valence-electron chi connectivity index (χ1n) is 16.9. The Morgan fingerprint density at radius 2 is 1.88 bits per heavy atom. The van der Waals surface area contributed by atoms with Gasteiger partial charge in [-0.3, -0.25) is 9.69 Å². The second kappa shape index (κ2) is 13.7. The predicted molar refractivity (Wildman–Crippen MR) is 198 cm³/mol. The zero-order valence-corrected chi connectivity index (χ0v) is 29.2. The number of fused-ring (bicyclic) bond motifs is 1. The van der Waals surface area contributed by atoms with Gasteiger partial charge in [-0.2, -0.15) is 16.9 Å². The number of ether oxygens (including phenoxy) is 2. The maximum Gasteiger partial charge on any atom is 0.214 e. The summed E-state index contributed by atoms with van der Waals surface area (Å²) in [6.45, 7) is 3.93. The number of hydrogen-bond acceptors (Lipinski definition) is 7. The summed E-state index contributed by atoms with van der Waals surface area (Å²) >= 11 is 8.71. The van der Waals surface area contributed by atoms with Gasteiger partial charge in [0.05, 0.1) is 23.1 Å². The Bertz CT molecular complexity index is 2160. The van der Waals surface area contributed by atoms with Gasteiger partial charge < -0.3 is 20.2 Å². The molecule has 11 heteroatoms. The maximum atomic E-state index is 14.2. The van der Waals surface area contributed by atoms with Crippen molar-refractivity contribution in [2.75, 3.05) is 30.3 Å². The molecule has 1 aliphatic carbocycles. The third-order valence-corrected chi connectivity index (χ3v) is 11.3. The van der Waals surface area contributed by atoms with Gasteiger partial charge in [0.25, 0.3) is 0 Å². The molecule has 8 nitrogen and oxygen atoms in total. The summed E-state index contributed by atoms with van der Waals surface area (Å²) in [4.78, 5) is 19.8. The number of nitrogens with two attached hydrogens (primary N) is 1. The molecule has 0 saturated carbocycles. The van der Waals surface area contributed by atoms with Crippen molar-refractivity contribution >= 4 is 45.9 Å². The van der Waals surface area contributed by atoms with Gasteiger partial charge in [0.1, 0.15) is 29.2 Å². The number of allylic oxidation sites excluding steroid dienone is 3. The van der Waals surface area contributed by atoms with Gasteiger partial charge in [-0.15, -0.1) is 0 Å². The number of aryl methyl sites for hydroxylation is 1. The van der Waals surface area contributed by atoms with Gasteiger partial charge in [-0.25, -0.2) is 9.07 Å². The van der Waals surface area contributed by atoms with Crippen molar-refractivity contribution in [3.63, 3.8) is 0 Å². The fraction of sp³-hybridized carbons (Fsp3) is 0.282. The number of halogens is 2. The molecule has 8 rings (SSSR count). The molecule has 0 unspecified atom stereocenters. The molecule has 256 valence electrons. The van der Waals surface area contributed by atoms with Crippen LogP contribution in [0.15, 0.2) is 90.6 Å². The van der Waals surface area contributed by atoms with Gasteiger partial charge in [0.2, 0.25) is 5.78 Å². The highest BCUT2D eigenvalue weighted by Gasteiger charge is 2.30. The summed E-state index contributed by atoms with van der Waals surface area (Å²) in [6, 6.07) is 19.6. The number of rotatable bonds is 9. The Morgan fingerprint density at radius 3 is 2.62 bits per heavy atom. The molecule has 0 spiro atoms. The zero-order chi connectivity index (χ0) is 34.4. The number of H-pyrrole nitrogens is 1. The van der Waals surface area contributed by atoms with Crippen molar-refractivity contribution in [2.24, 2.45) is 0 Å². The standard InChI is InChI=1S/C39H37ClFN5O3S/c1-23-16-25(10-11-35(23)49-36-9-5-4-8-32(36)41)46-39(42)30(20-43-46)38(47)34-17-24-18-37(48-27-12-14-45(15-13-27)26-21-50-22-26)29(19-33(24)44-34)28-6-2-3-7-31(28)40/h2-3,5-7,9-11,16-20,26-27,44H,4,8,12-15,21-22,42H2,1H3. The lowest BCUT2D eigenvalue weighted by Gasteiger charge is -2.41. The van der Waals surface area contributed by atoms with E-state index in [0.29, 0.717) is 41.0 Å². The summed E-state index contributed by atoms with van der Waals surface area (Å²) in [7, 11) is 0. The molecule has 50 heavy (non-hydrogen) atoms. The van der Waals surface area contributed by atoms with Crippen LogP contribution in [-0.2, 0) is 0 Å². The summed E-state index contributed by atoms with van der Waals surface area (Å²) < 4.78 is 28.3. The smallest absolute Gasteiger partial charge is 0.214 e. The number of aromatic amines is 1. The molecule has 0 radical (unpaired) electrons. The zero-order valence-electron chi connectivity index (χ0n) is 27.6. The van der Waals surface area contributed by atoms with Crippen LogP contribution in [0.25, 0.3) is 27.7 Å². The first kappa shape index (κ1) is 32.7. The molecule has 2 fully saturated rings. The SMILES string of the molecule is Cc1cc(-n2ncc(C(=O)c3cc4cc(OC5CCN(C6CSC6)CC5)c(-c5ccccc5Cl)cc4[nH]3)c2N)ccc1OC1=C(F)CCC=C1. The van der Waals surface area contributed by atoms with Gasteiger partial charge >= 0.3 is 0 Å². The molecule has 3 aromatic carbocycles. The van der Waals surface area contributed by atoms with Crippen molar-refractivity contribution in [1.29, 1.82) is 0 Å². The quantitative estimate of drug-likeness (QED) is 0.148. The van der Waals surface area contributed by atoms with Crippen LogP contribution >= 0.6 is 23.4 Å². The van der Waals surface area contributed by atoms with E-state index in [1.54, 1.807) is 18.2 Å². The second-order valence-electron chi connectivity index (χ2n) is 13.1. The van der Waals surface area contributed by atoms with Crippen molar-refractivity contribution < 1.29 is 18.7 Å². The summed E-state index contributed by atoms with van der Waals surface area (Å²) in [5.74, 6) is 3.60.